The second kappa shape index (κ2) is 9.17. The van der Waals surface area contributed by atoms with Gasteiger partial charge >= 0.3 is 6.18 Å². The molecule has 1 atom stereocenters. The van der Waals surface area contributed by atoms with Crippen molar-refractivity contribution in [2.75, 3.05) is 26.3 Å². The van der Waals surface area contributed by atoms with Crippen LogP contribution in [0.2, 0.25) is 0 Å². The summed E-state index contributed by atoms with van der Waals surface area (Å²) in [6, 6.07) is 7.40. The Bertz CT molecular complexity index is 797. The molecule has 1 fully saturated rings. The van der Waals surface area contributed by atoms with Gasteiger partial charge in [-0.05, 0) is 56.5 Å². The van der Waals surface area contributed by atoms with Crippen molar-refractivity contribution in [2.45, 2.75) is 38.9 Å². The molecule has 8 heteroatoms. The second-order valence-electron chi connectivity index (χ2n) is 7.61. The number of halogens is 4. The summed E-state index contributed by atoms with van der Waals surface area (Å²) in [7, 11) is 0. The molecule has 1 saturated heterocycles. The number of likely N-dealkylation sites (tertiary alicyclic amines) is 1. The highest BCUT2D eigenvalue weighted by molar-refractivity contribution is 5.21. The van der Waals surface area contributed by atoms with Crippen LogP contribution in [0.25, 0.3) is 0 Å². The van der Waals surface area contributed by atoms with E-state index in [0.717, 1.165) is 37.1 Å². The number of alkyl halides is 3. The van der Waals surface area contributed by atoms with Gasteiger partial charge in [-0.1, -0.05) is 12.1 Å². The Morgan fingerprint density at radius 3 is 2.62 bits per heavy atom. The maximum atomic E-state index is 13.2. The van der Waals surface area contributed by atoms with Gasteiger partial charge in [0.2, 0.25) is 0 Å². The summed E-state index contributed by atoms with van der Waals surface area (Å²) in [6.45, 7) is 4.46. The van der Waals surface area contributed by atoms with Crippen LogP contribution >= 0.6 is 0 Å². The number of aromatic nitrogens is 2. The zero-order valence-corrected chi connectivity index (χ0v) is 16.4. The van der Waals surface area contributed by atoms with Crippen LogP contribution in [0.4, 0.5) is 17.6 Å². The van der Waals surface area contributed by atoms with Gasteiger partial charge in [-0.25, -0.2) is 4.39 Å². The molecule has 1 aromatic heterocycles. The summed E-state index contributed by atoms with van der Waals surface area (Å²) in [4.78, 5) is 1.99. The molecule has 1 aliphatic rings. The minimum absolute atomic E-state index is 0.0502. The van der Waals surface area contributed by atoms with Crippen LogP contribution < -0.4 is 0 Å². The van der Waals surface area contributed by atoms with Crippen molar-refractivity contribution in [3.8, 4) is 0 Å². The Morgan fingerprint density at radius 1 is 1.17 bits per heavy atom. The van der Waals surface area contributed by atoms with E-state index in [1.807, 2.05) is 11.8 Å². The van der Waals surface area contributed by atoms with Crippen molar-refractivity contribution in [1.82, 2.24) is 15.1 Å². The zero-order valence-electron chi connectivity index (χ0n) is 16.4. The standard InChI is InChI=1S/C21H25F4N3O/c1-2-29-15-20(9-7-16-3-5-17(22)6-4-16)10-12-28(14-20)13-19-18(21(23,24)25)8-11-26-27-19/h3-6,8,11H,2,7,9-10,12-15H2,1H3/t20-/m1/s1. The van der Waals surface area contributed by atoms with Crippen molar-refractivity contribution in [1.29, 1.82) is 0 Å². The quantitative estimate of drug-likeness (QED) is 0.600. The van der Waals surface area contributed by atoms with Crippen LogP contribution in [-0.4, -0.2) is 41.4 Å². The van der Waals surface area contributed by atoms with Crippen molar-refractivity contribution in [2.24, 2.45) is 5.41 Å². The largest absolute Gasteiger partial charge is 0.418 e. The molecule has 2 heterocycles. The molecule has 0 spiro atoms. The smallest absolute Gasteiger partial charge is 0.381 e. The Morgan fingerprint density at radius 2 is 1.93 bits per heavy atom. The fraction of sp³-hybridized carbons (Fsp3) is 0.524. The predicted octanol–water partition coefficient (Wildman–Crippen LogP) is 4.50. The minimum Gasteiger partial charge on any atom is -0.381 e. The van der Waals surface area contributed by atoms with Crippen LogP contribution in [0.5, 0.6) is 0 Å². The molecule has 0 bridgehead atoms. The monoisotopic (exact) mass is 411 g/mol. The molecule has 0 radical (unpaired) electrons. The minimum atomic E-state index is -4.45. The van der Waals surface area contributed by atoms with Crippen LogP contribution in [0.15, 0.2) is 36.5 Å². The van der Waals surface area contributed by atoms with E-state index in [2.05, 4.69) is 10.2 Å². The van der Waals surface area contributed by atoms with Gasteiger partial charge in [0.1, 0.15) is 5.82 Å². The molecule has 29 heavy (non-hydrogen) atoms. The Labute approximate surface area is 167 Å². The molecule has 2 aromatic rings. The molecule has 0 N–H and O–H groups in total. The van der Waals surface area contributed by atoms with Crippen molar-refractivity contribution < 1.29 is 22.3 Å². The third-order valence-corrected chi connectivity index (χ3v) is 5.46. The summed E-state index contributed by atoms with van der Waals surface area (Å²) in [5, 5.41) is 7.38. The first-order valence-corrected chi connectivity index (χ1v) is 9.74. The van der Waals surface area contributed by atoms with E-state index in [-0.39, 0.29) is 23.5 Å². The highest BCUT2D eigenvalue weighted by Crippen LogP contribution is 2.37. The lowest BCUT2D eigenvalue weighted by Crippen LogP contribution is -2.32. The lowest BCUT2D eigenvalue weighted by molar-refractivity contribution is -0.138. The van der Waals surface area contributed by atoms with Crippen molar-refractivity contribution in [3.05, 3.63) is 59.2 Å². The average Bonchev–Trinajstić information content (AvgIpc) is 3.09. The van der Waals surface area contributed by atoms with Gasteiger partial charge < -0.3 is 4.74 Å². The van der Waals surface area contributed by atoms with Crippen LogP contribution in [0.3, 0.4) is 0 Å². The topological polar surface area (TPSA) is 38.2 Å². The molecule has 0 unspecified atom stereocenters. The second-order valence-corrected chi connectivity index (χ2v) is 7.61. The maximum Gasteiger partial charge on any atom is 0.418 e. The summed E-state index contributed by atoms with van der Waals surface area (Å²) in [6.07, 6.45) is -0.966. The first-order valence-electron chi connectivity index (χ1n) is 9.74. The molecule has 0 saturated carbocycles. The van der Waals surface area contributed by atoms with E-state index >= 15 is 0 Å². The van der Waals surface area contributed by atoms with Crippen molar-refractivity contribution in [3.63, 3.8) is 0 Å². The van der Waals surface area contributed by atoms with E-state index < -0.39 is 11.7 Å². The van der Waals surface area contributed by atoms with E-state index in [9.17, 15) is 17.6 Å². The fourth-order valence-corrected chi connectivity index (χ4v) is 3.88. The lowest BCUT2D eigenvalue weighted by atomic mass is 9.82. The molecule has 0 amide bonds. The van der Waals surface area contributed by atoms with Crippen molar-refractivity contribution >= 4 is 0 Å². The number of nitrogens with zero attached hydrogens (tertiary/aromatic N) is 3. The van der Waals surface area contributed by atoms with E-state index in [1.54, 1.807) is 12.1 Å². The SMILES string of the molecule is CCOC[C@]1(CCc2ccc(F)cc2)CCN(Cc2nnccc2C(F)(F)F)C1. The van der Waals surface area contributed by atoms with Gasteiger partial charge in [0, 0.05) is 25.1 Å². The molecule has 1 aromatic carbocycles. The molecule has 0 aliphatic carbocycles. The summed E-state index contributed by atoms with van der Waals surface area (Å²) < 4.78 is 58.6. The highest BCUT2D eigenvalue weighted by Gasteiger charge is 2.40. The Balaban J connectivity index is 1.69. The van der Waals surface area contributed by atoms with Crippen LogP contribution in [0.1, 0.15) is 36.6 Å². The van der Waals surface area contributed by atoms with E-state index in [4.69, 9.17) is 4.74 Å². The maximum absolute atomic E-state index is 13.2. The Hall–Kier alpha value is -2.06. The lowest BCUT2D eigenvalue weighted by Gasteiger charge is -2.29. The summed E-state index contributed by atoms with van der Waals surface area (Å²) in [5.74, 6) is -0.269. The molecule has 1 aliphatic heterocycles. The molecule has 4 nitrogen and oxygen atoms in total. The van der Waals surface area contributed by atoms with Gasteiger partial charge in [-0.2, -0.15) is 23.4 Å². The highest BCUT2D eigenvalue weighted by atomic mass is 19.4. The fourth-order valence-electron chi connectivity index (χ4n) is 3.88. The van der Waals surface area contributed by atoms with E-state index in [1.165, 1.54) is 12.1 Å². The first kappa shape index (κ1) is 21.6. The van der Waals surface area contributed by atoms with Gasteiger partial charge in [0.25, 0.3) is 0 Å². The number of aryl methyl sites for hydroxylation is 1. The number of hydrogen-bond acceptors (Lipinski definition) is 4. The third-order valence-electron chi connectivity index (χ3n) is 5.46. The van der Waals surface area contributed by atoms with Crippen LogP contribution in [0, 0.1) is 11.2 Å². The van der Waals surface area contributed by atoms with Gasteiger partial charge in [0.05, 0.1) is 24.1 Å². The Kier molecular flexibility index (Phi) is 6.85. The first-order chi connectivity index (χ1) is 13.8. The molecule has 3 rings (SSSR count). The number of benzene rings is 1. The average molecular weight is 411 g/mol. The number of ether oxygens (including phenoxy) is 1. The van der Waals surface area contributed by atoms with E-state index in [0.29, 0.717) is 26.3 Å². The third kappa shape index (κ3) is 5.73. The van der Waals surface area contributed by atoms with Gasteiger partial charge in [-0.3, -0.25) is 4.90 Å². The predicted molar refractivity (Wildman–Crippen MR) is 101 cm³/mol. The molecular formula is C21H25F4N3O. The van der Waals surface area contributed by atoms with Gasteiger partial charge in [-0.15, -0.1) is 0 Å². The number of rotatable bonds is 8. The van der Waals surface area contributed by atoms with Crippen LogP contribution in [-0.2, 0) is 23.9 Å². The zero-order chi connectivity index (χ0) is 20.9. The normalized spacial score (nSPS) is 20.3. The summed E-state index contributed by atoms with van der Waals surface area (Å²) >= 11 is 0. The molecular weight excluding hydrogens is 386 g/mol. The molecule has 158 valence electrons. The summed E-state index contributed by atoms with van der Waals surface area (Å²) in [5.41, 5.74) is 0.103. The number of hydrogen-bond donors (Lipinski definition) is 0. The van der Waals surface area contributed by atoms with Gasteiger partial charge in [0.15, 0.2) is 0 Å².